The molecule has 4 heteroatoms. The molecule has 0 aliphatic carbocycles. The number of nitrogens with one attached hydrogen (secondary N) is 2. The summed E-state index contributed by atoms with van der Waals surface area (Å²) in [6, 6.07) is 12.0. The molecule has 3 nitrogen and oxygen atoms in total. The van der Waals surface area contributed by atoms with Gasteiger partial charge in [-0.3, -0.25) is 0 Å². The molecule has 0 amide bonds. The maximum absolute atomic E-state index is 6.29. The van der Waals surface area contributed by atoms with Crippen LogP contribution in [-0.4, -0.2) is 13.1 Å². The molecule has 2 aromatic rings. The highest BCUT2D eigenvalue weighted by molar-refractivity contribution is 6.33. The average molecular weight is 274 g/mol. The van der Waals surface area contributed by atoms with E-state index in [4.69, 9.17) is 17.3 Å². The van der Waals surface area contributed by atoms with Gasteiger partial charge in [0.1, 0.15) is 0 Å². The summed E-state index contributed by atoms with van der Waals surface area (Å²) in [7, 11) is 0. The van der Waals surface area contributed by atoms with E-state index in [1.54, 1.807) is 0 Å². The molecule has 1 aliphatic heterocycles. The molecule has 1 heterocycles. The molecule has 0 saturated heterocycles. The van der Waals surface area contributed by atoms with Crippen molar-refractivity contribution < 1.29 is 0 Å². The Morgan fingerprint density at radius 2 is 1.79 bits per heavy atom. The van der Waals surface area contributed by atoms with E-state index in [-0.39, 0.29) is 0 Å². The third-order valence-corrected chi connectivity index (χ3v) is 3.75. The van der Waals surface area contributed by atoms with Crippen molar-refractivity contribution in [1.82, 2.24) is 0 Å². The molecule has 0 bridgehead atoms. The molecule has 0 unspecified atom stereocenters. The summed E-state index contributed by atoms with van der Waals surface area (Å²) in [5, 5.41) is 7.56. The number of rotatable bonds is 2. The van der Waals surface area contributed by atoms with Crippen LogP contribution in [0.15, 0.2) is 36.4 Å². The summed E-state index contributed by atoms with van der Waals surface area (Å²) in [5.74, 6) is 0. The van der Waals surface area contributed by atoms with Crippen LogP contribution in [0.1, 0.15) is 5.56 Å². The van der Waals surface area contributed by atoms with E-state index >= 15 is 0 Å². The molecule has 0 radical (unpaired) electrons. The minimum atomic E-state index is 0.485. The molecule has 3 rings (SSSR count). The largest absolute Gasteiger partial charge is 0.382 e. The van der Waals surface area contributed by atoms with Crippen LogP contribution in [0.25, 0.3) is 11.1 Å². The summed E-state index contributed by atoms with van der Waals surface area (Å²) >= 11 is 6.29. The van der Waals surface area contributed by atoms with Crippen LogP contribution in [0.5, 0.6) is 0 Å². The fourth-order valence-corrected chi connectivity index (χ4v) is 2.76. The zero-order valence-electron chi connectivity index (χ0n) is 10.5. The van der Waals surface area contributed by atoms with Crippen LogP contribution in [-0.2, 0) is 6.54 Å². The molecule has 98 valence electrons. The summed E-state index contributed by atoms with van der Waals surface area (Å²) in [4.78, 5) is 0. The normalized spacial score (nSPS) is 13.4. The van der Waals surface area contributed by atoms with Gasteiger partial charge in [-0.05, 0) is 23.3 Å². The van der Waals surface area contributed by atoms with E-state index in [1.165, 1.54) is 0 Å². The van der Waals surface area contributed by atoms with Gasteiger partial charge in [0, 0.05) is 30.2 Å². The molecule has 19 heavy (non-hydrogen) atoms. The summed E-state index contributed by atoms with van der Waals surface area (Å²) < 4.78 is 0. The van der Waals surface area contributed by atoms with E-state index in [0.29, 0.717) is 6.54 Å². The van der Waals surface area contributed by atoms with Crippen molar-refractivity contribution in [3.63, 3.8) is 0 Å². The maximum Gasteiger partial charge on any atom is 0.0628 e. The van der Waals surface area contributed by atoms with Gasteiger partial charge in [-0.1, -0.05) is 35.9 Å². The number of hydrogen-bond donors (Lipinski definition) is 3. The first kappa shape index (κ1) is 12.3. The van der Waals surface area contributed by atoms with Crippen molar-refractivity contribution in [3.8, 4) is 11.1 Å². The number of benzene rings is 2. The Hall–Kier alpha value is -1.71. The maximum atomic E-state index is 6.29. The zero-order chi connectivity index (χ0) is 13.2. The lowest BCUT2D eigenvalue weighted by atomic mass is 9.96. The van der Waals surface area contributed by atoms with E-state index in [1.807, 2.05) is 24.3 Å². The summed E-state index contributed by atoms with van der Waals surface area (Å²) in [5.41, 5.74) is 11.4. The second-order valence-electron chi connectivity index (χ2n) is 4.55. The smallest absolute Gasteiger partial charge is 0.0628 e. The first-order chi connectivity index (χ1) is 9.31. The third kappa shape index (κ3) is 2.15. The van der Waals surface area contributed by atoms with Gasteiger partial charge in [-0.2, -0.15) is 0 Å². The topological polar surface area (TPSA) is 50.1 Å². The van der Waals surface area contributed by atoms with Gasteiger partial charge in [0.2, 0.25) is 0 Å². The van der Waals surface area contributed by atoms with Gasteiger partial charge >= 0.3 is 0 Å². The Kier molecular flexibility index (Phi) is 3.32. The molecule has 0 fully saturated rings. The van der Waals surface area contributed by atoms with Gasteiger partial charge in [0.05, 0.1) is 11.4 Å². The van der Waals surface area contributed by atoms with Crippen molar-refractivity contribution in [2.75, 3.05) is 23.7 Å². The van der Waals surface area contributed by atoms with E-state index < -0.39 is 0 Å². The number of nitrogens with two attached hydrogens (primary N) is 1. The van der Waals surface area contributed by atoms with E-state index in [2.05, 4.69) is 22.8 Å². The zero-order valence-corrected chi connectivity index (χ0v) is 11.3. The number of halogens is 1. The SMILES string of the molecule is NCc1c(-c2ccccc2Cl)ccc2c1NCCN2. The Balaban J connectivity index is 2.19. The Bertz CT molecular complexity index is 610. The summed E-state index contributed by atoms with van der Waals surface area (Å²) in [6.07, 6.45) is 0. The number of hydrogen-bond acceptors (Lipinski definition) is 3. The Morgan fingerprint density at radius 1 is 1.00 bits per heavy atom. The molecular weight excluding hydrogens is 258 g/mol. The number of anilines is 2. The quantitative estimate of drug-likeness (QED) is 0.787. The predicted octanol–water partition coefficient (Wildman–Crippen LogP) is 3.30. The monoisotopic (exact) mass is 273 g/mol. The lowest BCUT2D eigenvalue weighted by Gasteiger charge is -2.24. The first-order valence-corrected chi connectivity index (χ1v) is 6.77. The van der Waals surface area contributed by atoms with Crippen LogP contribution < -0.4 is 16.4 Å². The second kappa shape index (κ2) is 5.11. The van der Waals surface area contributed by atoms with Crippen molar-refractivity contribution >= 4 is 23.0 Å². The average Bonchev–Trinajstić information content (AvgIpc) is 2.46. The molecule has 1 aliphatic rings. The fraction of sp³-hybridized carbons (Fsp3) is 0.200. The van der Waals surface area contributed by atoms with Crippen LogP contribution >= 0.6 is 11.6 Å². The van der Waals surface area contributed by atoms with Crippen LogP contribution in [0.3, 0.4) is 0 Å². The van der Waals surface area contributed by atoms with Gasteiger partial charge in [0.15, 0.2) is 0 Å². The van der Waals surface area contributed by atoms with Crippen LogP contribution in [0, 0.1) is 0 Å². The number of fused-ring (bicyclic) bond motifs is 1. The first-order valence-electron chi connectivity index (χ1n) is 6.40. The van der Waals surface area contributed by atoms with E-state index in [0.717, 1.165) is 46.2 Å². The molecule has 0 atom stereocenters. The lowest BCUT2D eigenvalue weighted by molar-refractivity contribution is 1.01. The van der Waals surface area contributed by atoms with Gasteiger partial charge in [0.25, 0.3) is 0 Å². The molecule has 2 aromatic carbocycles. The van der Waals surface area contributed by atoms with Gasteiger partial charge in [-0.25, -0.2) is 0 Å². The van der Waals surface area contributed by atoms with Crippen LogP contribution in [0.4, 0.5) is 11.4 Å². The Labute approximate surface area is 117 Å². The van der Waals surface area contributed by atoms with Crippen molar-refractivity contribution in [2.24, 2.45) is 5.73 Å². The highest BCUT2D eigenvalue weighted by Gasteiger charge is 2.16. The lowest BCUT2D eigenvalue weighted by Crippen LogP contribution is -2.22. The molecule has 0 saturated carbocycles. The van der Waals surface area contributed by atoms with Crippen molar-refractivity contribution in [1.29, 1.82) is 0 Å². The minimum Gasteiger partial charge on any atom is -0.382 e. The predicted molar refractivity (Wildman–Crippen MR) is 81.8 cm³/mol. The molecule has 0 spiro atoms. The standard InChI is InChI=1S/C15H16ClN3/c16-13-4-2-1-3-11(13)10-5-6-14-15(12(10)9-17)19-8-7-18-14/h1-6,18-19H,7-9,17H2. The summed E-state index contributed by atoms with van der Waals surface area (Å²) in [6.45, 7) is 2.33. The molecule has 0 aromatic heterocycles. The van der Waals surface area contributed by atoms with Gasteiger partial charge in [-0.15, -0.1) is 0 Å². The second-order valence-corrected chi connectivity index (χ2v) is 4.96. The minimum absolute atomic E-state index is 0.485. The highest BCUT2D eigenvalue weighted by Crippen LogP contribution is 2.38. The molecular formula is C15H16ClN3. The highest BCUT2D eigenvalue weighted by atomic mass is 35.5. The Morgan fingerprint density at radius 3 is 2.58 bits per heavy atom. The van der Waals surface area contributed by atoms with E-state index in [9.17, 15) is 0 Å². The van der Waals surface area contributed by atoms with Crippen molar-refractivity contribution in [3.05, 3.63) is 47.0 Å². The molecule has 4 N–H and O–H groups in total. The van der Waals surface area contributed by atoms with Crippen molar-refractivity contribution in [2.45, 2.75) is 6.54 Å². The fourth-order valence-electron chi connectivity index (χ4n) is 2.53. The van der Waals surface area contributed by atoms with Gasteiger partial charge < -0.3 is 16.4 Å². The van der Waals surface area contributed by atoms with Crippen LogP contribution in [0.2, 0.25) is 5.02 Å². The third-order valence-electron chi connectivity index (χ3n) is 3.42.